The van der Waals surface area contributed by atoms with Crippen LogP contribution in [0.25, 0.3) is 0 Å². The van der Waals surface area contributed by atoms with Crippen LogP contribution in [0.2, 0.25) is 0 Å². The number of nitrogens with zero attached hydrogens (tertiary/aromatic N) is 8. The summed E-state index contributed by atoms with van der Waals surface area (Å²) >= 11 is 7.40. The number of imidazole rings is 2. The summed E-state index contributed by atoms with van der Waals surface area (Å²) < 4.78 is 11.8. The highest BCUT2D eigenvalue weighted by molar-refractivity contribution is 9.11. The van der Waals surface area contributed by atoms with Gasteiger partial charge in [0, 0.05) is 24.8 Å². The number of hydrogen-bond donors (Lipinski definition) is 0. The topological polar surface area (TPSA) is 98.9 Å². The Labute approximate surface area is 277 Å². The minimum Gasteiger partial charge on any atom is -0.455 e. The summed E-state index contributed by atoms with van der Waals surface area (Å²) in [5.74, 6) is 1.36. The second-order valence-electron chi connectivity index (χ2n) is 9.95. The van der Waals surface area contributed by atoms with E-state index in [9.17, 15) is 10.5 Å². The van der Waals surface area contributed by atoms with Crippen LogP contribution in [0.4, 0.5) is 11.4 Å². The molecule has 0 unspecified atom stereocenters. The van der Waals surface area contributed by atoms with Gasteiger partial charge in [-0.1, -0.05) is 12.1 Å². The Kier molecular flexibility index (Phi) is 8.92. The van der Waals surface area contributed by atoms with Crippen LogP contribution in [0, 0.1) is 22.7 Å². The van der Waals surface area contributed by atoms with Crippen LogP contribution in [0.1, 0.15) is 22.3 Å². The molecule has 6 rings (SSSR count). The molecule has 0 saturated carbocycles. The molecule has 0 aliphatic heterocycles. The van der Waals surface area contributed by atoms with Crippen molar-refractivity contribution in [2.45, 2.75) is 13.1 Å². The first-order chi connectivity index (χ1) is 22.0. The Hall–Kier alpha value is -5.36. The third kappa shape index (κ3) is 6.91. The van der Waals surface area contributed by atoms with Crippen LogP contribution in [-0.4, -0.2) is 19.3 Å². The van der Waals surface area contributed by atoms with Gasteiger partial charge in [-0.3, -0.25) is 10.0 Å². The van der Waals surface area contributed by atoms with Gasteiger partial charge in [-0.05, 0) is 116 Å². The quantitative estimate of drug-likeness (QED) is 0.141. The molecule has 11 heteroatoms. The molecule has 0 atom stereocenters. The molecule has 0 amide bonds. The summed E-state index contributed by atoms with van der Waals surface area (Å²) in [6.07, 6.45) is 10.7. The lowest BCUT2D eigenvalue weighted by Crippen LogP contribution is -2.27. The number of benzene rings is 4. The van der Waals surface area contributed by atoms with Gasteiger partial charge < -0.3 is 4.74 Å². The molecule has 0 spiro atoms. The van der Waals surface area contributed by atoms with E-state index in [1.165, 1.54) is 0 Å². The van der Waals surface area contributed by atoms with Crippen molar-refractivity contribution in [2.24, 2.45) is 0 Å². The summed E-state index contributed by atoms with van der Waals surface area (Å²) in [5.41, 5.74) is 5.16. The number of aromatic nitrogens is 4. The second-order valence-corrected chi connectivity index (χ2v) is 11.7. The Balaban J connectivity index is 1.18. The number of hydrogen-bond acceptors (Lipinski definition) is 7. The van der Waals surface area contributed by atoms with Gasteiger partial charge in [-0.25, -0.2) is 19.3 Å². The molecule has 45 heavy (non-hydrogen) atoms. The van der Waals surface area contributed by atoms with Gasteiger partial charge in [0.2, 0.25) is 0 Å². The lowest BCUT2D eigenvalue weighted by Gasteiger charge is -2.26. The fourth-order valence-electron chi connectivity index (χ4n) is 4.73. The first-order valence-corrected chi connectivity index (χ1v) is 15.4. The number of halogens is 2. The normalized spacial score (nSPS) is 10.6. The number of anilines is 2. The van der Waals surface area contributed by atoms with Crippen LogP contribution in [-0.2, 0) is 13.1 Å². The van der Waals surface area contributed by atoms with Crippen molar-refractivity contribution in [2.75, 3.05) is 10.0 Å². The van der Waals surface area contributed by atoms with E-state index in [2.05, 4.69) is 64.0 Å². The molecule has 6 aromatic rings. The van der Waals surface area contributed by atoms with Crippen LogP contribution in [0.5, 0.6) is 11.5 Å². The Bertz CT molecular complexity index is 1830. The average Bonchev–Trinajstić information content (AvgIpc) is 3.81. The van der Waals surface area contributed by atoms with Gasteiger partial charge in [0.05, 0.1) is 56.7 Å². The second kappa shape index (κ2) is 13.5. The van der Waals surface area contributed by atoms with E-state index in [0.717, 1.165) is 31.4 Å². The molecular weight excluding hydrogens is 696 g/mol. The lowest BCUT2D eigenvalue weighted by molar-refractivity contribution is 0.476. The average molecular weight is 720 g/mol. The highest BCUT2D eigenvalue weighted by Crippen LogP contribution is 2.36. The van der Waals surface area contributed by atoms with Gasteiger partial charge >= 0.3 is 0 Å². The number of rotatable bonds is 10. The van der Waals surface area contributed by atoms with Gasteiger partial charge in [0.25, 0.3) is 0 Å². The maximum absolute atomic E-state index is 9.20. The Morgan fingerprint density at radius 2 is 1.04 bits per heavy atom. The summed E-state index contributed by atoms with van der Waals surface area (Å²) in [7, 11) is 0. The first-order valence-electron chi connectivity index (χ1n) is 13.8. The highest BCUT2D eigenvalue weighted by Gasteiger charge is 2.15. The first kappa shape index (κ1) is 29.7. The summed E-state index contributed by atoms with van der Waals surface area (Å²) in [6, 6.07) is 31.2. The van der Waals surface area contributed by atoms with E-state index in [0.29, 0.717) is 35.7 Å². The largest absolute Gasteiger partial charge is 0.455 e. The predicted molar refractivity (Wildman–Crippen MR) is 178 cm³/mol. The van der Waals surface area contributed by atoms with Crippen molar-refractivity contribution in [1.29, 1.82) is 10.5 Å². The third-order valence-electron chi connectivity index (χ3n) is 7.00. The molecule has 4 aromatic carbocycles. The molecular formula is C34H24Br2N8O. The van der Waals surface area contributed by atoms with Crippen molar-refractivity contribution < 1.29 is 4.74 Å². The SMILES string of the molecule is N#Cc1ccc(N(Cc2ccc(Oc3ccc(CN(c4ccc(C#N)cc4)n4ccnc4)cc3Br)c(Br)c2)n2ccnc2)cc1. The van der Waals surface area contributed by atoms with E-state index >= 15 is 0 Å². The van der Waals surface area contributed by atoms with Crippen molar-refractivity contribution in [3.05, 3.63) is 154 Å². The zero-order valence-corrected chi connectivity index (χ0v) is 26.9. The summed E-state index contributed by atoms with van der Waals surface area (Å²) in [6.45, 7) is 1.12. The minimum atomic E-state index is 0.562. The molecule has 0 saturated heterocycles. The van der Waals surface area contributed by atoms with Crippen LogP contribution < -0.4 is 14.8 Å². The van der Waals surface area contributed by atoms with Gasteiger partial charge in [-0.2, -0.15) is 10.5 Å². The predicted octanol–water partition coefficient (Wildman–Crippen LogP) is 8.08. The molecule has 2 aromatic heterocycles. The molecule has 0 aliphatic carbocycles. The fraction of sp³-hybridized carbons (Fsp3) is 0.0588. The summed E-state index contributed by atoms with van der Waals surface area (Å²) in [5, 5.41) is 22.5. The van der Waals surface area contributed by atoms with Crippen molar-refractivity contribution in [3.8, 4) is 23.6 Å². The zero-order chi connectivity index (χ0) is 31.2. The Morgan fingerprint density at radius 1 is 0.622 bits per heavy atom. The Morgan fingerprint density at radius 3 is 1.38 bits per heavy atom. The molecule has 220 valence electrons. The molecule has 0 N–H and O–H groups in total. The lowest BCUT2D eigenvalue weighted by atomic mass is 10.1. The van der Waals surface area contributed by atoms with Crippen molar-refractivity contribution >= 4 is 43.2 Å². The standard InChI is InChI=1S/C34H24Br2N8O/c35-31-17-27(21-43(41-15-13-39-23-41)29-7-1-25(19-37)2-8-29)5-11-33(31)45-34-12-6-28(18-32(34)36)22-44(42-16-14-40-24-42)30-9-3-26(20-38)4-10-30/h1-18,23-24H,21-22H2. The monoisotopic (exact) mass is 718 g/mol. The fourth-order valence-corrected chi connectivity index (χ4v) is 5.75. The molecule has 0 bridgehead atoms. The third-order valence-corrected chi connectivity index (χ3v) is 8.24. The van der Waals surface area contributed by atoms with E-state index in [1.54, 1.807) is 49.3 Å². The number of nitriles is 2. The number of ether oxygens (including phenoxy) is 1. The molecule has 2 heterocycles. The highest BCUT2D eigenvalue weighted by atomic mass is 79.9. The van der Waals surface area contributed by atoms with E-state index in [4.69, 9.17) is 4.74 Å². The van der Waals surface area contributed by atoms with Crippen molar-refractivity contribution in [3.63, 3.8) is 0 Å². The minimum absolute atomic E-state index is 0.562. The van der Waals surface area contributed by atoms with Gasteiger partial charge in [0.1, 0.15) is 24.2 Å². The molecule has 0 fully saturated rings. The van der Waals surface area contributed by atoms with E-state index in [-0.39, 0.29) is 0 Å². The summed E-state index contributed by atoms with van der Waals surface area (Å²) in [4.78, 5) is 8.41. The van der Waals surface area contributed by atoms with E-state index in [1.807, 2.05) is 82.4 Å². The van der Waals surface area contributed by atoms with Crippen molar-refractivity contribution in [1.82, 2.24) is 19.3 Å². The van der Waals surface area contributed by atoms with Gasteiger partial charge in [-0.15, -0.1) is 0 Å². The zero-order valence-electron chi connectivity index (χ0n) is 23.7. The van der Waals surface area contributed by atoms with Crippen LogP contribution >= 0.6 is 31.9 Å². The maximum atomic E-state index is 9.20. The van der Waals surface area contributed by atoms with Gasteiger partial charge in [0.15, 0.2) is 0 Å². The maximum Gasteiger partial charge on any atom is 0.141 e. The van der Waals surface area contributed by atoms with Crippen LogP contribution in [0.15, 0.2) is 131 Å². The molecule has 9 nitrogen and oxygen atoms in total. The smallest absolute Gasteiger partial charge is 0.141 e. The molecule has 0 aliphatic rings. The van der Waals surface area contributed by atoms with E-state index < -0.39 is 0 Å². The molecule has 0 radical (unpaired) electrons. The van der Waals surface area contributed by atoms with Crippen LogP contribution in [0.3, 0.4) is 0 Å².